The fourth-order valence-corrected chi connectivity index (χ4v) is 4.49. The molecule has 6 heteroatoms. The smallest absolute Gasteiger partial charge is 0.173 e. The van der Waals surface area contributed by atoms with E-state index in [2.05, 4.69) is 25.1 Å². The minimum atomic E-state index is -0.199. The van der Waals surface area contributed by atoms with Crippen LogP contribution in [-0.4, -0.2) is 38.2 Å². The zero-order valence-corrected chi connectivity index (χ0v) is 15.4. The normalized spacial score (nSPS) is 21.4. The first-order valence-corrected chi connectivity index (χ1v) is 10.1. The van der Waals surface area contributed by atoms with Crippen molar-refractivity contribution in [2.24, 2.45) is 0 Å². The molecule has 0 spiro atoms. The van der Waals surface area contributed by atoms with Gasteiger partial charge >= 0.3 is 0 Å². The average molecular weight is 357 g/mol. The van der Waals surface area contributed by atoms with Crippen molar-refractivity contribution >= 4 is 0 Å². The van der Waals surface area contributed by atoms with Crippen LogP contribution in [0.4, 0.5) is 4.39 Å². The lowest BCUT2D eigenvalue weighted by Gasteiger charge is -2.32. The molecule has 4 rings (SSSR count). The lowest BCUT2D eigenvalue weighted by molar-refractivity contribution is 0.211. The van der Waals surface area contributed by atoms with E-state index in [1.54, 1.807) is 12.1 Å². The summed E-state index contributed by atoms with van der Waals surface area (Å²) in [6, 6.07) is 7.29. The summed E-state index contributed by atoms with van der Waals surface area (Å²) in [6.07, 6.45) is 11.0. The predicted molar refractivity (Wildman–Crippen MR) is 98.2 cm³/mol. The van der Waals surface area contributed by atoms with E-state index < -0.39 is 0 Å². The second-order valence-electron chi connectivity index (χ2n) is 7.68. The maximum absolute atomic E-state index is 13.5. The van der Waals surface area contributed by atoms with Gasteiger partial charge in [0.2, 0.25) is 0 Å². The number of nitrogens with zero attached hydrogens (tertiary/aromatic N) is 5. The lowest BCUT2D eigenvalue weighted by Crippen LogP contribution is -2.33. The molecule has 2 aromatic rings. The van der Waals surface area contributed by atoms with Gasteiger partial charge in [0.05, 0.1) is 12.1 Å². The van der Waals surface area contributed by atoms with Crippen molar-refractivity contribution in [2.45, 2.75) is 69.9 Å². The molecule has 2 heterocycles. The molecule has 26 heavy (non-hydrogen) atoms. The first-order chi connectivity index (χ1) is 12.8. The van der Waals surface area contributed by atoms with Crippen LogP contribution in [0.15, 0.2) is 24.3 Å². The first kappa shape index (κ1) is 17.6. The van der Waals surface area contributed by atoms with Gasteiger partial charge in [-0.15, -0.1) is 5.10 Å². The van der Waals surface area contributed by atoms with Crippen LogP contribution in [0, 0.1) is 5.82 Å². The van der Waals surface area contributed by atoms with Crippen molar-refractivity contribution < 1.29 is 4.39 Å². The molecular formula is C20H28FN5. The minimum Gasteiger partial charge on any atom is -0.290 e. The zero-order valence-electron chi connectivity index (χ0n) is 15.4. The van der Waals surface area contributed by atoms with Crippen LogP contribution >= 0.6 is 0 Å². The highest BCUT2D eigenvalue weighted by Gasteiger charge is 2.31. The van der Waals surface area contributed by atoms with E-state index in [-0.39, 0.29) is 11.9 Å². The molecule has 2 aliphatic rings. The van der Waals surface area contributed by atoms with Gasteiger partial charge in [0.15, 0.2) is 5.82 Å². The van der Waals surface area contributed by atoms with E-state index in [4.69, 9.17) is 0 Å². The second kappa shape index (κ2) is 8.25. The Morgan fingerprint density at radius 2 is 1.54 bits per heavy atom. The van der Waals surface area contributed by atoms with Crippen LogP contribution in [0.5, 0.6) is 0 Å². The molecule has 1 aromatic carbocycles. The van der Waals surface area contributed by atoms with Crippen LogP contribution in [0.2, 0.25) is 0 Å². The Kier molecular flexibility index (Phi) is 5.58. The van der Waals surface area contributed by atoms with Crippen molar-refractivity contribution in [1.29, 1.82) is 0 Å². The lowest BCUT2D eigenvalue weighted by atomic mass is 9.95. The molecule has 1 aromatic heterocycles. The van der Waals surface area contributed by atoms with E-state index >= 15 is 0 Å². The zero-order chi connectivity index (χ0) is 17.8. The minimum absolute atomic E-state index is 0.00521. The van der Waals surface area contributed by atoms with E-state index in [9.17, 15) is 4.39 Å². The highest BCUT2D eigenvalue weighted by atomic mass is 19.1. The third-order valence-corrected chi connectivity index (χ3v) is 5.87. The molecule has 1 saturated carbocycles. The number of hydrogen-bond acceptors (Lipinski definition) is 4. The number of tetrazole rings is 1. The highest BCUT2D eigenvalue weighted by Crippen LogP contribution is 2.34. The van der Waals surface area contributed by atoms with Crippen molar-refractivity contribution in [3.05, 3.63) is 41.5 Å². The Labute approximate surface area is 154 Å². The molecule has 5 nitrogen and oxygen atoms in total. The number of benzene rings is 1. The topological polar surface area (TPSA) is 46.8 Å². The summed E-state index contributed by atoms with van der Waals surface area (Å²) in [4.78, 5) is 2.49. The van der Waals surface area contributed by atoms with Crippen molar-refractivity contribution in [1.82, 2.24) is 25.1 Å². The first-order valence-electron chi connectivity index (χ1n) is 10.1. The summed E-state index contributed by atoms with van der Waals surface area (Å²) in [5, 5.41) is 12.9. The quantitative estimate of drug-likeness (QED) is 0.819. The van der Waals surface area contributed by atoms with Crippen LogP contribution in [-0.2, 0) is 0 Å². The SMILES string of the molecule is Fc1ccc([C@H](c2nnnn2C2CCCCC2)N2CCCCCC2)cc1. The third kappa shape index (κ3) is 3.80. The van der Waals surface area contributed by atoms with Gasteiger partial charge in [0.25, 0.3) is 0 Å². The standard InChI is InChI=1S/C20H28FN5/c21-17-12-10-16(11-13-17)19(25-14-6-1-2-7-15-25)20-22-23-24-26(20)18-8-4-3-5-9-18/h10-13,18-19H,1-9,14-15H2/t19-/m1/s1. The van der Waals surface area contributed by atoms with Gasteiger partial charge in [0.1, 0.15) is 5.82 Å². The molecule has 140 valence electrons. The maximum Gasteiger partial charge on any atom is 0.173 e. The van der Waals surface area contributed by atoms with E-state index in [1.807, 2.05) is 12.1 Å². The van der Waals surface area contributed by atoms with Crippen molar-refractivity contribution in [2.75, 3.05) is 13.1 Å². The van der Waals surface area contributed by atoms with Gasteiger partial charge in [-0.25, -0.2) is 9.07 Å². The van der Waals surface area contributed by atoms with Crippen LogP contribution in [0.1, 0.15) is 81.3 Å². The highest BCUT2D eigenvalue weighted by molar-refractivity contribution is 5.25. The molecule has 0 amide bonds. The molecule has 0 N–H and O–H groups in total. The number of halogens is 1. The van der Waals surface area contributed by atoms with Crippen LogP contribution < -0.4 is 0 Å². The Bertz CT molecular complexity index is 684. The van der Waals surface area contributed by atoms with Crippen LogP contribution in [0.25, 0.3) is 0 Å². The van der Waals surface area contributed by atoms with Gasteiger partial charge in [-0.3, -0.25) is 4.90 Å². The number of aromatic nitrogens is 4. The summed E-state index contributed by atoms with van der Waals surface area (Å²) >= 11 is 0. The van der Waals surface area contributed by atoms with Gasteiger partial charge in [0, 0.05) is 0 Å². The molecule has 1 aliphatic carbocycles. The third-order valence-electron chi connectivity index (χ3n) is 5.87. The fraction of sp³-hybridized carbons (Fsp3) is 0.650. The van der Waals surface area contributed by atoms with Crippen molar-refractivity contribution in [3.8, 4) is 0 Å². The number of likely N-dealkylation sites (tertiary alicyclic amines) is 1. The van der Waals surface area contributed by atoms with E-state index in [0.717, 1.165) is 37.3 Å². The summed E-state index contributed by atoms with van der Waals surface area (Å²) < 4.78 is 15.6. The van der Waals surface area contributed by atoms with Gasteiger partial charge in [-0.2, -0.15) is 0 Å². The monoisotopic (exact) mass is 357 g/mol. The Hall–Kier alpha value is -1.82. The summed E-state index contributed by atoms with van der Waals surface area (Å²) in [6.45, 7) is 2.08. The molecule has 1 atom stereocenters. The van der Waals surface area contributed by atoms with E-state index in [1.165, 1.54) is 44.9 Å². The van der Waals surface area contributed by atoms with Gasteiger partial charge in [-0.1, -0.05) is 44.2 Å². The van der Waals surface area contributed by atoms with Gasteiger partial charge in [-0.05, 0) is 66.9 Å². The molecular weight excluding hydrogens is 329 g/mol. The number of hydrogen-bond donors (Lipinski definition) is 0. The summed E-state index contributed by atoms with van der Waals surface area (Å²) in [5.41, 5.74) is 1.08. The molecule has 1 saturated heterocycles. The molecule has 2 fully saturated rings. The van der Waals surface area contributed by atoms with Gasteiger partial charge < -0.3 is 0 Å². The Morgan fingerprint density at radius 3 is 2.23 bits per heavy atom. The fourth-order valence-electron chi connectivity index (χ4n) is 4.49. The summed E-state index contributed by atoms with van der Waals surface area (Å²) in [7, 11) is 0. The largest absolute Gasteiger partial charge is 0.290 e. The maximum atomic E-state index is 13.5. The number of rotatable bonds is 4. The summed E-state index contributed by atoms with van der Waals surface area (Å²) in [5.74, 6) is 0.723. The average Bonchev–Trinajstić information content (AvgIpc) is 3.00. The Morgan fingerprint density at radius 1 is 0.885 bits per heavy atom. The molecule has 0 unspecified atom stereocenters. The second-order valence-corrected chi connectivity index (χ2v) is 7.68. The van der Waals surface area contributed by atoms with Crippen molar-refractivity contribution in [3.63, 3.8) is 0 Å². The Balaban J connectivity index is 1.70. The molecule has 0 radical (unpaired) electrons. The molecule has 0 bridgehead atoms. The molecule has 1 aliphatic heterocycles. The predicted octanol–water partition coefficient (Wildman–Crippen LogP) is 4.28. The van der Waals surface area contributed by atoms with E-state index in [0.29, 0.717) is 6.04 Å². The van der Waals surface area contributed by atoms with Crippen LogP contribution in [0.3, 0.4) is 0 Å².